The Labute approximate surface area is 92.5 Å². The highest BCUT2D eigenvalue weighted by Gasteiger charge is 2.15. The summed E-state index contributed by atoms with van der Waals surface area (Å²) in [5, 5.41) is 17.9. The Balaban J connectivity index is 3.43. The van der Waals surface area contributed by atoms with E-state index in [0.29, 0.717) is 10.5 Å². The highest BCUT2D eigenvalue weighted by atomic mass is 32.1. The van der Waals surface area contributed by atoms with Crippen LogP contribution in [0.5, 0.6) is 0 Å². The van der Waals surface area contributed by atoms with E-state index < -0.39 is 5.97 Å². The molecular formula is C10H9NO3S. The summed E-state index contributed by atoms with van der Waals surface area (Å²) in [6.07, 6.45) is 0. The van der Waals surface area contributed by atoms with E-state index in [-0.39, 0.29) is 17.7 Å². The second kappa shape index (κ2) is 4.82. The topological polar surface area (TPSA) is 70.3 Å². The molecule has 1 aromatic carbocycles. The van der Waals surface area contributed by atoms with Gasteiger partial charge in [0.2, 0.25) is 0 Å². The van der Waals surface area contributed by atoms with E-state index in [2.05, 4.69) is 17.4 Å². The smallest absolute Gasteiger partial charge is 0.339 e. The van der Waals surface area contributed by atoms with Gasteiger partial charge in [0.05, 0.1) is 24.8 Å². The molecule has 0 aliphatic rings. The first-order valence-electron chi connectivity index (χ1n) is 4.09. The quantitative estimate of drug-likeness (QED) is 0.582. The van der Waals surface area contributed by atoms with Gasteiger partial charge in [0, 0.05) is 4.90 Å². The van der Waals surface area contributed by atoms with Crippen LogP contribution in [0.2, 0.25) is 0 Å². The van der Waals surface area contributed by atoms with Crippen molar-refractivity contribution in [2.24, 2.45) is 0 Å². The molecule has 0 amide bonds. The molecule has 0 spiro atoms. The van der Waals surface area contributed by atoms with Crippen molar-refractivity contribution in [3.05, 3.63) is 28.8 Å². The molecule has 0 aliphatic heterocycles. The van der Waals surface area contributed by atoms with Crippen molar-refractivity contribution in [2.45, 2.75) is 11.5 Å². The molecule has 1 rings (SSSR count). The van der Waals surface area contributed by atoms with Gasteiger partial charge < -0.3 is 9.84 Å². The maximum atomic E-state index is 11.3. The van der Waals surface area contributed by atoms with E-state index in [0.717, 1.165) is 0 Å². The molecule has 0 radical (unpaired) electrons. The third-order valence-electron chi connectivity index (χ3n) is 1.89. The van der Waals surface area contributed by atoms with Crippen LogP contribution in [0.1, 0.15) is 21.5 Å². The zero-order chi connectivity index (χ0) is 11.4. The van der Waals surface area contributed by atoms with Gasteiger partial charge in [-0.2, -0.15) is 5.26 Å². The first kappa shape index (κ1) is 11.6. The number of carbonyl (C=O) groups excluding carboxylic acids is 1. The number of benzene rings is 1. The fourth-order valence-electron chi connectivity index (χ4n) is 1.21. The molecular weight excluding hydrogens is 214 g/mol. The van der Waals surface area contributed by atoms with Crippen LogP contribution in [0.4, 0.5) is 0 Å². The molecule has 0 saturated carbocycles. The monoisotopic (exact) mass is 223 g/mol. The van der Waals surface area contributed by atoms with Crippen LogP contribution in [0.15, 0.2) is 17.0 Å². The van der Waals surface area contributed by atoms with Crippen molar-refractivity contribution in [3.63, 3.8) is 0 Å². The van der Waals surface area contributed by atoms with Crippen LogP contribution in [0.3, 0.4) is 0 Å². The number of hydrogen-bond acceptors (Lipinski definition) is 5. The molecule has 0 fully saturated rings. The van der Waals surface area contributed by atoms with Crippen molar-refractivity contribution in [2.75, 3.05) is 7.11 Å². The summed E-state index contributed by atoms with van der Waals surface area (Å²) >= 11 is 4.07. The molecule has 78 valence electrons. The molecule has 1 N–H and O–H groups in total. The van der Waals surface area contributed by atoms with Crippen LogP contribution in [0.25, 0.3) is 0 Å². The second-order valence-corrected chi connectivity index (χ2v) is 3.31. The zero-order valence-electron chi connectivity index (χ0n) is 8.02. The lowest BCUT2D eigenvalue weighted by molar-refractivity contribution is 0.0600. The van der Waals surface area contributed by atoms with Crippen molar-refractivity contribution in [1.29, 1.82) is 5.26 Å². The van der Waals surface area contributed by atoms with Gasteiger partial charge in [-0.05, 0) is 17.7 Å². The molecule has 0 unspecified atom stereocenters. The van der Waals surface area contributed by atoms with E-state index in [9.17, 15) is 4.79 Å². The highest BCUT2D eigenvalue weighted by molar-refractivity contribution is 7.80. The van der Waals surface area contributed by atoms with Gasteiger partial charge in [-0.3, -0.25) is 0 Å². The predicted molar refractivity (Wildman–Crippen MR) is 55.7 cm³/mol. The van der Waals surface area contributed by atoms with Gasteiger partial charge in [-0.25, -0.2) is 4.79 Å². The zero-order valence-corrected chi connectivity index (χ0v) is 8.91. The SMILES string of the molecule is COC(=O)c1cc(S)cc(CO)c1C#N. The van der Waals surface area contributed by atoms with Crippen molar-refractivity contribution < 1.29 is 14.6 Å². The van der Waals surface area contributed by atoms with E-state index in [1.165, 1.54) is 19.2 Å². The number of carbonyl (C=O) groups is 1. The van der Waals surface area contributed by atoms with Gasteiger partial charge in [-0.15, -0.1) is 12.6 Å². The Hall–Kier alpha value is -1.51. The molecule has 0 saturated heterocycles. The van der Waals surface area contributed by atoms with E-state index in [1.807, 2.05) is 6.07 Å². The lowest BCUT2D eigenvalue weighted by Crippen LogP contribution is -2.07. The lowest BCUT2D eigenvalue weighted by atomic mass is 10.0. The molecule has 0 heterocycles. The van der Waals surface area contributed by atoms with Crippen LogP contribution in [-0.2, 0) is 11.3 Å². The summed E-state index contributed by atoms with van der Waals surface area (Å²) in [7, 11) is 1.23. The van der Waals surface area contributed by atoms with Crippen LogP contribution in [-0.4, -0.2) is 18.2 Å². The Morgan fingerprint density at radius 3 is 2.80 bits per heavy atom. The van der Waals surface area contributed by atoms with Gasteiger partial charge in [0.25, 0.3) is 0 Å². The van der Waals surface area contributed by atoms with Crippen molar-refractivity contribution in [3.8, 4) is 6.07 Å². The maximum Gasteiger partial charge on any atom is 0.339 e. The molecule has 0 atom stereocenters. The summed E-state index contributed by atoms with van der Waals surface area (Å²) in [6.45, 7) is -0.318. The molecule has 1 aromatic rings. The normalized spacial score (nSPS) is 9.47. The van der Waals surface area contributed by atoms with Crippen molar-refractivity contribution >= 4 is 18.6 Å². The fraction of sp³-hybridized carbons (Fsp3) is 0.200. The van der Waals surface area contributed by atoms with E-state index in [4.69, 9.17) is 10.4 Å². The summed E-state index contributed by atoms with van der Waals surface area (Å²) in [4.78, 5) is 11.8. The summed E-state index contributed by atoms with van der Waals surface area (Å²) in [6, 6.07) is 4.84. The minimum atomic E-state index is -0.614. The summed E-state index contributed by atoms with van der Waals surface area (Å²) in [5.41, 5.74) is 0.615. The first-order chi connectivity index (χ1) is 7.13. The average Bonchev–Trinajstić information content (AvgIpc) is 2.26. The Morgan fingerprint density at radius 2 is 2.33 bits per heavy atom. The number of nitrogens with zero attached hydrogens (tertiary/aromatic N) is 1. The number of thiol groups is 1. The van der Waals surface area contributed by atoms with Crippen LogP contribution < -0.4 is 0 Å². The first-order valence-corrected chi connectivity index (χ1v) is 4.54. The molecule has 4 nitrogen and oxygen atoms in total. The Kier molecular flexibility index (Phi) is 3.72. The Bertz CT molecular complexity index is 437. The van der Waals surface area contributed by atoms with Gasteiger partial charge in [-0.1, -0.05) is 0 Å². The number of methoxy groups -OCH3 is 1. The average molecular weight is 223 g/mol. The van der Waals surface area contributed by atoms with Gasteiger partial charge >= 0.3 is 5.97 Å². The third-order valence-corrected chi connectivity index (χ3v) is 2.15. The van der Waals surface area contributed by atoms with Gasteiger partial charge in [0.15, 0.2) is 0 Å². The summed E-state index contributed by atoms with van der Waals surface area (Å²) < 4.78 is 4.53. The standard InChI is InChI=1S/C10H9NO3S/c1-14-10(13)8-3-7(15)2-6(5-12)9(8)4-11/h2-3,12,15H,5H2,1H3. The number of nitriles is 1. The Morgan fingerprint density at radius 1 is 1.67 bits per heavy atom. The fourth-order valence-corrected chi connectivity index (χ4v) is 1.50. The molecule has 0 aliphatic carbocycles. The number of rotatable bonds is 2. The molecule has 15 heavy (non-hydrogen) atoms. The molecule has 0 bridgehead atoms. The minimum absolute atomic E-state index is 0.122. The predicted octanol–water partition coefficient (Wildman–Crippen LogP) is 1.13. The number of hydrogen-bond donors (Lipinski definition) is 2. The van der Waals surface area contributed by atoms with E-state index in [1.54, 1.807) is 0 Å². The third kappa shape index (κ3) is 2.29. The maximum absolute atomic E-state index is 11.3. The lowest BCUT2D eigenvalue weighted by Gasteiger charge is -2.07. The van der Waals surface area contributed by atoms with Crippen molar-refractivity contribution in [1.82, 2.24) is 0 Å². The second-order valence-electron chi connectivity index (χ2n) is 2.79. The number of aliphatic hydroxyl groups excluding tert-OH is 1. The largest absolute Gasteiger partial charge is 0.465 e. The number of aliphatic hydroxyl groups is 1. The van der Waals surface area contributed by atoms with Crippen LogP contribution in [0, 0.1) is 11.3 Å². The minimum Gasteiger partial charge on any atom is -0.465 e. The molecule has 5 heteroatoms. The number of esters is 1. The summed E-state index contributed by atoms with van der Waals surface area (Å²) in [5.74, 6) is -0.614. The van der Waals surface area contributed by atoms with Gasteiger partial charge in [0.1, 0.15) is 6.07 Å². The number of ether oxygens (including phenoxy) is 1. The molecule has 0 aromatic heterocycles. The van der Waals surface area contributed by atoms with E-state index >= 15 is 0 Å². The highest BCUT2D eigenvalue weighted by Crippen LogP contribution is 2.20. The van der Waals surface area contributed by atoms with Crippen LogP contribution >= 0.6 is 12.6 Å².